The predicted octanol–water partition coefficient (Wildman–Crippen LogP) is 2.50. The zero-order chi connectivity index (χ0) is 14.0. The van der Waals surface area contributed by atoms with Crippen LogP contribution in [0.2, 0.25) is 0 Å². The zero-order valence-corrected chi connectivity index (χ0v) is 12.2. The highest BCUT2D eigenvalue weighted by Gasteiger charge is 2.32. The van der Waals surface area contributed by atoms with Crippen LogP contribution in [0.4, 0.5) is 4.39 Å². The lowest BCUT2D eigenvalue weighted by Gasteiger charge is -2.26. The average molecular weight is 297 g/mol. The van der Waals surface area contributed by atoms with Crippen LogP contribution in [0.25, 0.3) is 0 Å². The molecule has 2 aliphatic rings. The lowest BCUT2D eigenvalue weighted by atomic mass is 9.99. The Balaban J connectivity index is 1.73. The Morgan fingerprint density at radius 1 is 1.50 bits per heavy atom. The minimum absolute atomic E-state index is 0.128. The summed E-state index contributed by atoms with van der Waals surface area (Å²) in [7, 11) is 0. The van der Waals surface area contributed by atoms with Crippen LogP contribution in [-0.4, -0.2) is 35.4 Å². The van der Waals surface area contributed by atoms with Crippen molar-refractivity contribution in [3.63, 3.8) is 0 Å². The summed E-state index contributed by atoms with van der Waals surface area (Å²) in [5, 5.41) is 13.9. The number of ether oxygens (including phenoxy) is 1. The molecule has 2 N–H and O–H groups in total. The molecule has 0 unspecified atom stereocenters. The van der Waals surface area contributed by atoms with E-state index in [4.69, 9.17) is 4.74 Å². The first kappa shape index (κ1) is 14.2. The molecule has 1 saturated heterocycles. The van der Waals surface area contributed by atoms with Crippen molar-refractivity contribution in [3.8, 4) is 5.75 Å². The van der Waals surface area contributed by atoms with Gasteiger partial charge in [0.05, 0.1) is 12.2 Å². The fourth-order valence-corrected chi connectivity index (χ4v) is 4.10. The predicted molar refractivity (Wildman–Crippen MR) is 78.8 cm³/mol. The Labute approximate surface area is 122 Å². The van der Waals surface area contributed by atoms with Gasteiger partial charge < -0.3 is 15.2 Å². The van der Waals surface area contributed by atoms with Gasteiger partial charge in [-0.3, -0.25) is 0 Å². The zero-order valence-electron chi connectivity index (χ0n) is 11.4. The smallest absolute Gasteiger partial charge is 0.126 e. The number of aliphatic hydroxyl groups is 1. The highest BCUT2D eigenvalue weighted by molar-refractivity contribution is 7.99. The fraction of sp³-hybridized carbons (Fsp3) is 0.600. The summed E-state index contributed by atoms with van der Waals surface area (Å²) >= 11 is 1.80. The molecule has 20 heavy (non-hydrogen) atoms. The van der Waals surface area contributed by atoms with Gasteiger partial charge in [-0.2, -0.15) is 11.8 Å². The van der Waals surface area contributed by atoms with Crippen LogP contribution in [0.1, 0.15) is 30.9 Å². The van der Waals surface area contributed by atoms with Crippen LogP contribution >= 0.6 is 11.8 Å². The van der Waals surface area contributed by atoms with Crippen LogP contribution in [0.3, 0.4) is 0 Å². The fourth-order valence-electron chi connectivity index (χ4n) is 2.81. The van der Waals surface area contributed by atoms with Crippen LogP contribution in [0, 0.1) is 5.82 Å². The number of rotatable bonds is 3. The SMILES string of the molecule is O[C@@]1(CN[C@H]2CCCOc3cc(F)ccc32)CCSC1. The number of thioether (sulfide) groups is 1. The average Bonchev–Trinajstić information content (AvgIpc) is 2.76. The van der Waals surface area contributed by atoms with Gasteiger partial charge in [0, 0.05) is 30.0 Å². The van der Waals surface area contributed by atoms with Gasteiger partial charge in [-0.1, -0.05) is 6.07 Å². The van der Waals surface area contributed by atoms with E-state index in [0.717, 1.165) is 36.3 Å². The molecule has 3 nitrogen and oxygen atoms in total. The molecule has 1 aromatic carbocycles. The Morgan fingerprint density at radius 3 is 3.20 bits per heavy atom. The molecule has 1 aromatic rings. The van der Waals surface area contributed by atoms with Gasteiger partial charge in [0.15, 0.2) is 0 Å². The van der Waals surface area contributed by atoms with E-state index < -0.39 is 5.60 Å². The van der Waals surface area contributed by atoms with Gasteiger partial charge in [0.1, 0.15) is 11.6 Å². The standard InChI is InChI=1S/C15H20FNO2S/c16-11-3-4-12-13(2-1-6-19-14(12)8-11)17-9-15(18)5-7-20-10-15/h3-4,8,13,17-18H,1-2,5-7,9-10H2/t13-,15+/m0/s1. The van der Waals surface area contributed by atoms with Crippen LogP contribution in [-0.2, 0) is 0 Å². The number of benzene rings is 1. The third-order valence-corrected chi connectivity index (χ3v) is 5.24. The minimum Gasteiger partial charge on any atom is -0.493 e. The Morgan fingerprint density at radius 2 is 2.40 bits per heavy atom. The third kappa shape index (κ3) is 3.10. The van der Waals surface area contributed by atoms with E-state index >= 15 is 0 Å². The minimum atomic E-state index is -0.599. The van der Waals surface area contributed by atoms with Crippen molar-refractivity contribution in [2.45, 2.75) is 30.9 Å². The molecule has 0 aromatic heterocycles. The van der Waals surface area contributed by atoms with Crippen molar-refractivity contribution in [1.82, 2.24) is 5.32 Å². The van der Waals surface area contributed by atoms with Crippen molar-refractivity contribution in [3.05, 3.63) is 29.6 Å². The van der Waals surface area contributed by atoms with E-state index in [9.17, 15) is 9.50 Å². The van der Waals surface area contributed by atoms with Gasteiger partial charge in [0.25, 0.3) is 0 Å². The van der Waals surface area contributed by atoms with E-state index in [1.165, 1.54) is 12.1 Å². The molecule has 0 aliphatic carbocycles. The topological polar surface area (TPSA) is 41.5 Å². The molecule has 0 bridgehead atoms. The van der Waals surface area contributed by atoms with Crippen molar-refractivity contribution in [2.75, 3.05) is 24.7 Å². The van der Waals surface area contributed by atoms with Crippen molar-refractivity contribution in [1.29, 1.82) is 0 Å². The lowest BCUT2D eigenvalue weighted by Crippen LogP contribution is -2.41. The molecule has 5 heteroatoms. The molecular formula is C15H20FNO2S. The Bertz CT molecular complexity index is 477. The largest absolute Gasteiger partial charge is 0.493 e. The molecule has 3 rings (SSSR count). The van der Waals surface area contributed by atoms with Gasteiger partial charge in [0.2, 0.25) is 0 Å². The number of hydrogen-bond donors (Lipinski definition) is 2. The molecule has 1 fully saturated rings. The maximum absolute atomic E-state index is 13.3. The number of fused-ring (bicyclic) bond motifs is 1. The number of nitrogens with one attached hydrogen (secondary N) is 1. The van der Waals surface area contributed by atoms with Crippen molar-refractivity contribution >= 4 is 11.8 Å². The summed E-state index contributed by atoms with van der Waals surface area (Å²) in [6, 6.07) is 4.85. The van der Waals surface area contributed by atoms with Gasteiger partial charge in [-0.05, 0) is 31.1 Å². The third-order valence-electron chi connectivity index (χ3n) is 4.01. The summed E-state index contributed by atoms with van der Waals surface area (Å²) in [6.45, 7) is 1.20. The van der Waals surface area contributed by atoms with E-state index in [1.54, 1.807) is 17.8 Å². The monoisotopic (exact) mass is 297 g/mol. The number of hydrogen-bond acceptors (Lipinski definition) is 4. The second-order valence-corrected chi connectivity index (χ2v) is 6.74. The number of halogens is 1. The van der Waals surface area contributed by atoms with Crippen molar-refractivity contribution < 1.29 is 14.2 Å². The first-order valence-electron chi connectivity index (χ1n) is 7.12. The summed E-state index contributed by atoms with van der Waals surface area (Å²) in [5.41, 5.74) is 0.399. The van der Waals surface area contributed by atoms with Gasteiger partial charge >= 0.3 is 0 Å². The molecule has 0 amide bonds. The van der Waals surface area contributed by atoms with Gasteiger partial charge in [-0.25, -0.2) is 4.39 Å². The van der Waals surface area contributed by atoms with E-state index in [-0.39, 0.29) is 11.9 Å². The summed E-state index contributed by atoms with van der Waals surface area (Å²) in [4.78, 5) is 0. The lowest BCUT2D eigenvalue weighted by molar-refractivity contribution is 0.0642. The van der Waals surface area contributed by atoms with E-state index in [2.05, 4.69) is 5.32 Å². The quantitative estimate of drug-likeness (QED) is 0.899. The van der Waals surface area contributed by atoms with Gasteiger partial charge in [-0.15, -0.1) is 0 Å². The molecule has 2 atom stereocenters. The second-order valence-electron chi connectivity index (χ2n) is 5.63. The van der Waals surface area contributed by atoms with E-state index in [1.807, 2.05) is 0 Å². The van der Waals surface area contributed by atoms with Crippen LogP contribution in [0.15, 0.2) is 18.2 Å². The molecule has 0 saturated carbocycles. The maximum Gasteiger partial charge on any atom is 0.126 e. The van der Waals surface area contributed by atoms with E-state index in [0.29, 0.717) is 18.9 Å². The second kappa shape index (κ2) is 5.92. The normalized spacial score (nSPS) is 29.6. The van der Waals surface area contributed by atoms with Crippen LogP contribution < -0.4 is 10.1 Å². The first-order chi connectivity index (χ1) is 9.66. The first-order valence-corrected chi connectivity index (χ1v) is 8.28. The maximum atomic E-state index is 13.3. The molecule has 110 valence electrons. The Kier molecular flexibility index (Phi) is 4.19. The Hall–Kier alpha value is -0.780. The molecule has 2 heterocycles. The highest BCUT2D eigenvalue weighted by atomic mass is 32.2. The highest BCUT2D eigenvalue weighted by Crippen LogP contribution is 2.33. The molecule has 0 radical (unpaired) electrons. The summed E-state index contributed by atoms with van der Waals surface area (Å²) in [5.74, 6) is 2.18. The van der Waals surface area contributed by atoms with Crippen LogP contribution in [0.5, 0.6) is 5.75 Å². The van der Waals surface area contributed by atoms with Crippen molar-refractivity contribution in [2.24, 2.45) is 0 Å². The summed E-state index contributed by atoms with van der Waals surface area (Å²) < 4.78 is 18.9. The molecular weight excluding hydrogens is 277 g/mol. The molecule has 2 aliphatic heterocycles. The molecule has 0 spiro atoms. The summed E-state index contributed by atoms with van der Waals surface area (Å²) in [6.07, 6.45) is 2.72.